The van der Waals surface area contributed by atoms with Crippen LogP contribution in [0.1, 0.15) is 64.6 Å². The number of nitrogens with one attached hydrogen (secondary N) is 1. The van der Waals surface area contributed by atoms with E-state index >= 15 is 0 Å². The Balaban J connectivity index is 1.73. The van der Waals surface area contributed by atoms with Crippen molar-refractivity contribution in [1.29, 1.82) is 0 Å². The van der Waals surface area contributed by atoms with Gasteiger partial charge in [0.25, 0.3) is 0 Å². The number of benzene rings is 2. The Hall–Kier alpha value is -3.34. The van der Waals surface area contributed by atoms with Gasteiger partial charge in [-0.2, -0.15) is 0 Å². The smallest absolute Gasteiger partial charge is 0.221 e. The molecule has 28 heavy (non-hydrogen) atoms. The fourth-order valence-electron chi connectivity index (χ4n) is 3.62. The van der Waals surface area contributed by atoms with Gasteiger partial charge in [0, 0.05) is 29.1 Å². The molecule has 1 atom stereocenters. The summed E-state index contributed by atoms with van der Waals surface area (Å²) in [5.41, 5.74) is 3.64. The van der Waals surface area contributed by atoms with E-state index in [1.54, 1.807) is 24.3 Å². The van der Waals surface area contributed by atoms with Gasteiger partial charge in [0.05, 0.1) is 11.2 Å². The van der Waals surface area contributed by atoms with E-state index in [1.165, 1.54) is 12.5 Å². The molecule has 5 nitrogen and oxygen atoms in total. The van der Waals surface area contributed by atoms with Crippen LogP contribution in [0.4, 0.5) is 5.69 Å². The number of aromatic nitrogens is 1. The zero-order valence-electron chi connectivity index (χ0n) is 15.9. The summed E-state index contributed by atoms with van der Waals surface area (Å²) in [6.45, 7) is 5.66. The first-order valence-corrected chi connectivity index (χ1v) is 9.26. The lowest BCUT2D eigenvalue weighted by atomic mass is 9.97. The first kappa shape index (κ1) is 18.0. The van der Waals surface area contributed by atoms with E-state index in [-0.39, 0.29) is 17.5 Å². The van der Waals surface area contributed by atoms with Gasteiger partial charge >= 0.3 is 0 Å². The van der Waals surface area contributed by atoms with Crippen LogP contribution in [0, 0.1) is 0 Å². The summed E-state index contributed by atoms with van der Waals surface area (Å²) in [5, 5.41) is 3.63. The third-order valence-electron chi connectivity index (χ3n) is 5.09. The summed E-state index contributed by atoms with van der Waals surface area (Å²) in [7, 11) is 0. The van der Waals surface area contributed by atoms with E-state index in [1.807, 2.05) is 18.2 Å². The zero-order valence-corrected chi connectivity index (χ0v) is 15.9. The molecule has 0 saturated carbocycles. The van der Waals surface area contributed by atoms with Crippen LogP contribution in [-0.4, -0.2) is 22.5 Å². The maximum atomic E-state index is 13.0. The van der Waals surface area contributed by atoms with Gasteiger partial charge in [-0.25, -0.2) is 0 Å². The second kappa shape index (κ2) is 6.68. The summed E-state index contributed by atoms with van der Waals surface area (Å²) < 4.78 is 0. The predicted octanol–water partition coefficient (Wildman–Crippen LogP) is 4.48. The van der Waals surface area contributed by atoms with E-state index in [0.717, 1.165) is 10.9 Å². The quantitative estimate of drug-likeness (QED) is 0.688. The van der Waals surface area contributed by atoms with Crippen molar-refractivity contribution in [2.75, 3.05) is 5.32 Å². The van der Waals surface area contributed by atoms with E-state index in [4.69, 9.17) is 0 Å². The number of Topliss-reactive ketones (excluding diaryl/α,β-unsaturated/α-hetero) is 2. The van der Waals surface area contributed by atoms with Crippen LogP contribution in [0.3, 0.4) is 0 Å². The highest BCUT2D eigenvalue weighted by atomic mass is 16.2. The SMILES string of the molecule is CC(=O)Nc1ccc2c(c1)C(=O)C(c1ccc3cc(C(C)C)ccc3n1)C2=O. The molecule has 0 spiro atoms. The van der Waals surface area contributed by atoms with Crippen molar-refractivity contribution in [3.63, 3.8) is 0 Å². The number of carbonyl (C=O) groups is 3. The molecule has 0 fully saturated rings. The van der Waals surface area contributed by atoms with Crippen molar-refractivity contribution in [3.8, 4) is 0 Å². The molecule has 1 N–H and O–H groups in total. The molecule has 2 aromatic carbocycles. The molecule has 140 valence electrons. The number of pyridine rings is 1. The molecule has 5 heteroatoms. The van der Waals surface area contributed by atoms with E-state index in [0.29, 0.717) is 28.4 Å². The van der Waals surface area contributed by atoms with Crippen LogP contribution in [0.2, 0.25) is 0 Å². The summed E-state index contributed by atoms with van der Waals surface area (Å²) in [4.78, 5) is 41.7. The highest BCUT2D eigenvalue weighted by molar-refractivity contribution is 6.30. The maximum Gasteiger partial charge on any atom is 0.221 e. The van der Waals surface area contributed by atoms with E-state index in [9.17, 15) is 14.4 Å². The molecule has 1 aliphatic rings. The molecule has 4 rings (SSSR count). The van der Waals surface area contributed by atoms with Crippen molar-refractivity contribution < 1.29 is 14.4 Å². The molecule has 0 aliphatic heterocycles. The number of anilines is 1. The second-order valence-corrected chi connectivity index (χ2v) is 7.45. The van der Waals surface area contributed by atoms with Crippen LogP contribution >= 0.6 is 0 Å². The minimum Gasteiger partial charge on any atom is -0.326 e. The fourth-order valence-corrected chi connectivity index (χ4v) is 3.62. The van der Waals surface area contributed by atoms with Crippen LogP contribution in [0.15, 0.2) is 48.5 Å². The Morgan fingerprint density at radius 3 is 2.43 bits per heavy atom. The third-order valence-corrected chi connectivity index (χ3v) is 5.09. The van der Waals surface area contributed by atoms with Gasteiger partial charge in [0.15, 0.2) is 11.6 Å². The molecule has 1 aliphatic carbocycles. The zero-order chi connectivity index (χ0) is 20.0. The average molecular weight is 372 g/mol. The highest BCUT2D eigenvalue weighted by Gasteiger charge is 2.40. The number of hydrogen-bond donors (Lipinski definition) is 1. The monoisotopic (exact) mass is 372 g/mol. The number of amides is 1. The molecule has 1 heterocycles. The lowest BCUT2D eigenvalue weighted by Crippen LogP contribution is -2.14. The van der Waals surface area contributed by atoms with Gasteiger partial charge in [-0.15, -0.1) is 0 Å². The van der Waals surface area contributed by atoms with Crippen LogP contribution in [0.5, 0.6) is 0 Å². The van der Waals surface area contributed by atoms with Crippen molar-refractivity contribution in [1.82, 2.24) is 4.98 Å². The topological polar surface area (TPSA) is 76.1 Å². The van der Waals surface area contributed by atoms with E-state index < -0.39 is 5.92 Å². The molecule has 0 bridgehead atoms. The number of rotatable bonds is 3. The summed E-state index contributed by atoms with van der Waals surface area (Å²) >= 11 is 0. The molecule has 0 radical (unpaired) electrons. The Kier molecular flexibility index (Phi) is 4.30. The molecule has 3 aromatic rings. The van der Waals surface area contributed by atoms with Gasteiger partial charge in [-0.05, 0) is 47.9 Å². The highest BCUT2D eigenvalue weighted by Crippen LogP contribution is 2.35. The average Bonchev–Trinajstić information content (AvgIpc) is 2.90. The van der Waals surface area contributed by atoms with Crippen molar-refractivity contribution in [3.05, 3.63) is 70.9 Å². The predicted molar refractivity (Wildman–Crippen MR) is 108 cm³/mol. The number of carbonyl (C=O) groups excluding carboxylic acids is 3. The fraction of sp³-hybridized carbons (Fsp3) is 0.217. The Morgan fingerprint density at radius 1 is 0.964 bits per heavy atom. The molecule has 1 amide bonds. The number of hydrogen-bond acceptors (Lipinski definition) is 4. The molecule has 1 aromatic heterocycles. The Labute approximate surface area is 162 Å². The summed E-state index contributed by atoms with van der Waals surface area (Å²) in [6.07, 6.45) is 0. The normalized spacial score (nSPS) is 15.9. The number of nitrogens with zero attached hydrogens (tertiary/aromatic N) is 1. The first-order chi connectivity index (χ1) is 13.3. The third kappa shape index (κ3) is 2.99. The van der Waals surface area contributed by atoms with E-state index in [2.05, 4.69) is 30.2 Å². The van der Waals surface area contributed by atoms with Crippen molar-refractivity contribution in [2.45, 2.75) is 32.6 Å². The lowest BCUT2D eigenvalue weighted by Gasteiger charge is -2.10. The summed E-state index contributed by atoms with van der Waals surface area (Å²) in [5.74, 6) is -1.28. The van der Waals surface area contributed by atoms with Gasteiger partial charge < -0.3 is 5.32 Å². The van der Waals surface area contributed by atoms with Crippen molar-refractivity contribution >= 4 is 34.1 Å². The summed E-state index contributed by atoms with van der Waals surface area (Å²) in [6, 6.07) is 14.5. The van der Waals surface area contributed by atoms with Gasteiger partial charge in [-0.1, -0.05) is 26.0 Å². The first-order valence-electron chi connectivity index (χ1n) is 9.26. The molecule has 1 unspecified atom stereocenters. The largest absolute Gasteiger partial charge is 0.326 e. The minimum absolute atomic E-state index is 0.231. The number of fused-ring (bicyclic) bond motifs is 2. The van der Waals surface area contributed by atoms with Crippen LogP contribution in [0.25, 0.3) is 10.9 Å². The lowest BCUT2D eigenvalue weighted by molar-refractivity contribution is -0.114. The minimum atomic E-state index is -0.934. The second-order valence-electron chi connectivity index (χ2n) is 7.45. The standard InChI is InChI=1S/C23H20N2O3/c1-12(2)14-4-8-19-15(10-14)5-9-20(25-19)21-22(27)17-7-6-16(24-13(3)26)11-18(17)23(21)28/h4-12,21H,1-3H3,(H,24,26). The van der Waals surface area contributed by atoms with Gasteiger partial charge in [0.1, 0.15) is 5.92 Å². The van der Waals surface area contributed by atoms with Crippen molar-refractivity contribution in [2.24, 2.45) is 0 Å². The maximum absolute atomic E-state index is 13.0. The molecule has 0 saturated heterocycles. The molecular formula is C23H20N2O3. The Bertz CT molecular complexity index is 1150. The van der Waals surface area contributed by atoms with Gasteiger partial charge in [-0.3, -0.25) is 19.4 Å². The molecular weight excluding hydrogens is 352 g/mol. The Morgan fingerprint density at radius 2 is 1.71 bits per heavy atom. The number of ketones is 2. The van der Waals surface area contributed by atoms with Gasteiger partial charge in [0.2, 0.25) is 5.91 Å². The van der Waals surface area contributed by atoms with Crippen LogP contribution < -0.4 is 5.32 Å². The van der Waals surface area contributed by atoms with Crippen LogP contribution in [-0.2, 0) is 4.79 Å².